The quantitative estimate of drug-likeness (QED) is 0.866. The van der Waals surface area contributed by atoms with Crippen LogP contribution in [0.3, 0.4) is 0 Å². The molecule has 0 aliphatic heterocycles. The van der Waals surface area contributed by atoms with Gasteiger partial charge in [-0.1, -0.05) is 31.3 Å². The highest BCUT2D eigenvalue weighted by Gasteiger charge is 2.28. The number of rotatable bonds is 5. The molecule has 3 rings (SSSR count). The van der Waals surface area contributed by atoms with Gasteiger partial charge in [0.15, 0.2) is 5.69 Å². The Kier molecular flexibility index (Phi) is 7.28. The lowest BCUT2D eigenvalue weighted by Gasteiger charge is -2.22. The molecule has 0 radical (unpaired) electrons. The molecule has 0 aromatic carbocycles. The summed E-state index contributed by atoms with van der Waals surface area (Å²) in [6.07, 6.45) is 10.3. The topological polar surface area (TPSA) is 84.2 Å². The van der Waals surface area contributed by atoms with Gasteiger partial charge in [0.05, 0.1) is 0 Å². The number of nitrogens with zero attached hydrogens (tertiary/aromatic N) is 1. The lowest BCUT2D eigenvalue weighted by atomic mass is 9.95. The van der Waals surface area contributed by atoms with Gasteiger partial charge in [0.25, 0.3) is 5.91 Å². The van der Waals surface area contributed by atoms with Gasteiger partial charge >= 0.3 is 0 Å². The number of carbonyl (C=O) groups is 2. The van der Waals surface area contributed by atoms with E-state index < -0.39 is 0 Å². The van der Waals surface area contributed by atoms with Crippen LogP contribution in [0.2, 0.25) is 0 Å². The predicted octanol–water partition coefficient (Wildman–Crippen LogP) is 3.15. The number of aromatic nitrogens is 1. The van der Waals surface area contributed by atoms with Gasteiger partial charge in [-0.15, -0.1) is 0 Å². The number of nitrogens with one attached hydrogen (secondary N) is 2. The first kappa shape index (κ1) is 18.5. The fourth-order valence-corrected chi connectivity index (χ4v) is 2.86. The Balaban J connectivity index is 0.000000174. The van der Waals surface area contributed by atoms with Crippen LogP contribution in [0.1, 0.15) is 86.9 Å². The predicted molar refractivity (Wildman–Crippen MR) is 91.8 cm³/mol. The van der Waals surface area contributed by atoms with E-state index in [0.717, 1.165) is 25.0 Å². The standard InChI is InChI=1S/C10H19NO.C8H10N2O2/c1-2-6-10(12)11-9-7-4-3-5-8-9;1-9-8(11)6-4-7(12-10-6)5-2-3-5/h9H,2-8H2,1H3,(H,11,12);4-5H,2-3H2,1H3,(H,9,11). The van der Waals surface area contributed by atoms with Crippen LogP contribution in [-0.4, -0.2) is 30.1 Å². The molecule has 1 aromatic rings. The molecule has 1 heterocycles. The molecule has 0 atom stereocenters. The minimum atomic E-state index is -0.189. The monoisotopic (exact) mass is 335 g/mol. The summed E-state index contributed by atoms with van der Waals surface area (Å²) in [5.74, 6) is 1.40. The Morgan fingerprint density at radius 3 is 2.50 bits per heavy atom. The van der Waals surface area contributed by atoms with E-state index >= 15 is 0 Å². The second-order valence-electron chi connectivity index (χ2n) is 6.62. The number of hydrogen-bond acceptors (Lipinski definition) is 4. The van der Waals surface area contributed by atoms with Crippen molar-refractivity contribution in [2.24, 2.45) is 0 Å². The maximum absolute atomic E-state index is 11.2. The Bertz CT molecular complexity index is 531. The van der Waals surface area contributed by atoms with E-state index in [1.807, 2.05) is 6.92 Å². The molecule has 1 aromatic heterocycles. The largest absolute Gasteiger partial charge is 0.360 e. The van der Waals surface area contributed by atoms with Gasteiger partial charge in [0.2, 0.25) is 5.91 Å². The van der Waals surface area contributed by atoms with E-state index in [1.54, 1.807) is 13.1 Å². The lowest BCUT2D eigenvalue weighted by Crippen LogP contribution is -2.35. The zero-order valence-electron chi connectivity index (χ0n) is 14.8. The first-order valence-electron chi connectivity index (χ1n) is 9.12. The zero-order chi connectivity index (χ0) is 17.4. The highest BCUT2D eigenvalue weighted by molar-refractivity contribution is 5.91. The molecule has 0 bridgehead atoms. The average Bonchev–Trinajstić information content (AvgIpc) is 3.33. The second kappa shape index (κ2) is 9.45. The third-order valence-corrected chi connectivity index (χ3v) is 4.42. The van der Waals surface area contributed by atoms with Crippen molar-refractivity contribution >= 4 is 11.8 Å². The molecule has 134 valence electrons. The van der Waals surface area contributed by atoms with Crippen LogP contribution < -0.4 is 10.6 Å². The van der Waals surface area contributed by atoms with Gasteiger partial charge in [0.1, 0.15) is 5.76 Å². The smallest absolute Gasteiger partial charge is 0.273 e. The second-order valence-corrected chi connectivity index (χ2v) is 6.62. The average molecular weight is 335 g/mol. The molecule has 24 heavy (non-hydrogen) atoms. The first-order chi connectivity index (χ1) is 11.6. The summed E-state index contributed by atoms with van der Waals surface area (Å²) in [4.78, 5) is 22.2. The maximum atomic E-state index is 11.2. The van der Waals surface area contributed by atoms with Crippen molar-refractivity contribution in [1.29, 1.82) is 0 Å². The van der Waals surface area contributed by atoms with Crippen LogP contribution in [0, 0.1) is 0 Å². The summed E-state index contributed by atoms with van der Waals surface area (Å²) in [6, 6.07) is 2.20. The van der Waals surface area contributed by atoms with Crippen molar-refractivity contribution in [1.82, 2.24) is 15.8 Å². The normalized spacial score (nSPS) is 17.6. The molecule has 0 saturated heterocycles. The van der Waals surface area contributed by atoms with Crippen molar-refractivity contribution in [2.75, 3.05) is 7.05 Å². The van der Waals surface area contributed by atoms with Gasteiger partial charge in [-0.2, -0.15) is 0 Å². The SMILES string of the molecule is CCCC(=O)NC1CCCCC1.CNC(=O)c1cc(C2CC2)on1. The van der Waals surface area contributed by atoms with E-state index in [4.69, 9.17) is 4.52 Å². The van der Waals surface area contributed by atoms with Crippen LogP contribution in [0.15, 0.2) is 10.6 Å². The van der Waals surface area contributed by atoms with Gasteiger partial charge in [-0.3, -0.25) is 9.59 Å². The molecule has 0 unspecified atom stereocenters. The van der Waals surface area contributed by atoms with Crippen molar-refractivity contribution in [3.05, 3.63) is 17.5 Å². The summed E-state index contributed by atoms with van der Waals surface area (Å²) in [5.41, 5.74) is 0.374. The molecule has 2 N–H and O–H groups in total. The fraction of sp³-hybridized carbons (Fsp3) is 0.722. The highest BCUT2D eigenvalue weighted by atomic mass is 16.5. The Labute approximate surface area is 143 Å². The molecule has 2 saturated carbocycles. The third-order valence-electron chi connectivity index (χ3n) is 4.42. The van der Waals surface area contributed by atoms with E-state index in [-0.39, 0.29) is 11.8 Å². The molecule has 2 amide bonds. The van der Waals surface area contributed by atoms with Gasteiger partial charge in [-0.25, -0.2) is 0 Å². The summed E-state index contributed by atoms with van der Waals surface area (Å²) in [5, 5.41) is 9.23. The van der Waals surface area contributed by atoms with Crippen LogP contribution in [-0.2, 0) is 4.79 Å². The molecule has 2 fully saturated rings. The molecule has 6 nitrogen and oxygen atoms in total. The number of hydrogen-bond donors (Lipinski definition) is 2. The fourth-order valence-electron chi connectivity index (χ4n) is 2.86. The third kappa shape index (κ3) is 5.98. The molecule has 0 spiro atoms. The molecule has 2 aliphatic carbocycles. The van der Waals surface area contributed by atoms with Gasteiger partial charge in [0, 0.05) is 31.5 Å². The maximum Gasteiger partial charge on any atom is 0.273 e. The Morgan fingerprint density at radius 2 is 1.92 bits per heavy atom. The zero-order valence-corrected chi connectivity index (χ0v) is 14.8. The summed E-state index contributed by atoms with van der Waals surface area (Å²) in [7, 11) is 1.58. The first-order valence-corrected chi connectivity index (χ1v) is 9.12. The van der Waals surface area contributed by atoms with Crippen molar-refractivity contribution in [2.45, 2.75) is 76.7 Å². The molecular formula is C18H29N3O3. The van der Waals surface area contributed by atoms with E-state index in [1.165, 1.54) is 32.1 Å². The minimum absolute atomic E-state index is 0.189. The van der Waals surface area contributed by atoms with E-state index in [9.17, 15) is 9.59 Å². The van der Waals surface area contributed by atoms with Gasteiger partial charge in [-0.05, 0) is 32.1 Å². The summed E-state index contributed by atoms with van der Waals surface area (Å²) in [6.45, 7) is 2.04. The Hall–Kier alpha value is -1.85. The van der Waals surface area contributed by atoms with Crippen molar-refractivity contribution < 1.29 is 14.1 Å². The highest BCUT2D eigenvalue weighted by Crippen LogP contribution is 2.40. The lowest BCUT2D eigenvalue weighted by molar-refractivity contribution is -0.122. The van der Waals surface area contributed by atoms with Crippen molar-refractivity contribution in [3.63, 3.8) is 0 Å². The molecule has 6 heteroatoms. The van der Waals surface area contributed by atoms with E-state index in [0.29, 0.717) is 24.1 Å². The van der Waals surface area contributed by atoms with Crippen LogP contribution in [0.4, 0.5) is 0 Å². The number of carbonyl (C=O) groups excluding carboxylic acids is 2. The molecular weight excluding hydrogens is 306 g/mol. The molecule has 2 aliphatic rings. The van der Waals surface area contributed by atoms with Gasteiger partial charge < -0.3 is 15.2 Å². The Morgan fingerprint density at radius 1 is 1.21 bits per heavy atom. The van der Waals surface area contributed by atoms with Crippen molar-refractivity contribution in [3.8, 4) is 0 Å². The van der Waals surface area contributed by atoms with Crippen LogP contribution in [0.5, 0.6) is 0 Å². The van der Waals surface area contributed by atoms with Crippen LogP contribution >= 0.6 is 0 Å². The van der Waals surface area contributed by atoms with Crippen LogP contribution in [0.25, 0.3) is 0 Å². The summed E-state index contributed by atoms with van der Waals surface area (Å²) >= 11 is 0. The number of amides is 2. The minimum Gasteiger partial charge on any atom is -0.360 e. The van der Waals surface area contributed by atoms with E-state index in [2.05, 4.69) is 15.8 Å². The summed E-state index contributed by atoms with van der Waals surface area (Å²) < 4.78 is 5.00.